The summed E-state index contributed by atoms with van der Waals surface area (Å²) in [6, 6.07) is -0.538. The second-order valence-electron chi connectivity index (χ2n) is 25.3. The highest BCUT2D eigenvalue weighted by Crippen LogP contribution is 2.19. The summed E-state index contributed by atoms with van der Waals surface area (Å²) in [5.74, 6) is -0.0199. The molecule has 0 spiro atoms. The van der Waals surface area contributed by atoms with Crippen LogP contribution in [-0.2, 0) is 14.3 Å². The number of unbranched alkanes of at least 4 members (excludes halogenated alkanes) is 54. The molecule has 0 radical (unpaired) electrons. The van der Waals surface area contributed by atoms with Gasteiger partial charge in [-0.2, -0.15) is 0 Å². The number of rotatable bonds is 69. The van der Waals surface area contributed by atoms with Gasteiger partial charge in [0.15, 0.2) is 0 Å². The molecule has 0 aromatic heterocycles. The van der Waals surface area contributed by atoms with Gasteiger partial charge in [0, 0.05) is 12.8 Å². The molecule has 474 valence electrons. The van der Waals surface area contributed by atoms with Gasteiger partial charge in [-0.3, -0.25) is 9.59 Å². The lowest BCUT2D eigenvalue weighted by atomic mass is 10.0. The summed E-state index contributed by atoms with van der Waals surface area (Å²) in [4.78, 5) is 24.6. The van der Waals surface area contributed by atoms with Crippen molar-refractivity contribution in [3.05, 3.63) is 24.3 Å². The zero-order valence-electron chi connectivity index (χ0n) is 54.3. The molecule has 0 aromatic carbocycles. The minimum Gasteiger partial charge on any atom is -0.466 e. The van der Waals surface area contributed by atoms with Crippen LogP contribution in [0.15, 0.2) is 24.3 Å². The van der Waals surface area contributed by atoms with Crippen molar-refractivity contribution < 1.29 is 24.5 Å². The fraction of sp³-hybridized carbons (Fsp3) is 0.919. The first-order chi connectivity index (χ1) is 39.5. The molecule has 0 saturated heterocycles. The van der Waals surface area contributed by atoms with Crippen molar-refractivity contribution in [2.45, 2.75) is 424 Å². The Labute approximate surface area is 501 Å². The maximum absolute atomic E-state index is 12.5. The van der Waals surface area contributed by atoms with Gasteiger partial charge in [0.1, 0.15) is 0 Å². The van der Waals surface area contributed by atoms with E-state index in [0.29, 0.717) is 25.9 Å². The third-order valence-electron chi connectivity index (χ3n) is 17.3. The third-order valence-corrected chi connectivity index (χ3v) is 17.3. The third kappa shape index (κ3) is 65.5. The average molecular weight is 1130 g/mol. The number of carbonyl (C=O) groups is 2. The Morgan fingerprint density at radius 2 is 0.625 bits per heavy atom. The predicted octanol–water partition coefficient (Wildman–Crippen LogP) is 23.7. The second-order valence-corrected chi connectivity index (χ2v) is 25.3. The molecule has 0 aromatic rings. The van der Waals surface area contributed by atoms with Gasteiger partial charge >= 0.3 is 5.97 Å². The highest BCUT2D eigenvalue weighted by Gasteiger charge is 2.20. The molecule has 0 fully saturated rings. The minimum atomic E-state index is -0.662. The summed E-state index contributed by atoms with van der Waals surface area (Å²) in [6.45, 7) is 4.97. The second kappa shape index (κ2) is 69.8. The number of hydrogen-bond donors (Lipinski definition) is 3. The summed E-state index contributed by atoms with van der Waals surface area (Å²) in [5.41, 5.74) is 0. The number of carbonyl (C=O) groups excluding carboxylic acids is 2. The van der Waals surface area contributed by atoms with Crippen LogP contribution in [0.1, 0.15) is 412 Å². The number of allylic oxidation sites excluding steroid dienone is 4. The molecule has 0 aliphatic rings. The lowest BCUT2D eigenvalue weighted by Crippen LogP contribution is -2.45. The number of esters is 1. The molecule has 1 amide bonds. The quantitative estimate of drug-likeness (QED) is 0.0320. The van der Waals surface area contributed by atoms with Crippen molar-refractivity contribution in [2.75, 3.05) is 13.2 Å². The van der Waals surface area contributed by atoms with E-state index in [1.807, 2.05) is 0 Å². The number of amides is 1. The molecule has 2 atom stereocenters. The van der Waals surface area contributed by atoms with Crippen molar-refractivity contribution in [2.24, 2.45) is 0 Å². The molecule has 0 saturated carbocycles. The van der Waals surface area contributed by atoms with E-state index in [-0.39, 0.29) is 18.5 Å². The summed E-state index contributed by atoms with van der Waals surface area (Å²) in [7, 11) is 0. The number of nitrogens with one attached hydrogen (secondary N) is 1. The maximum atomic E-state index is 12.5. The van der Waals surface area contributed by atoms with Crippen LogP contribution >= 0.6 is 0 Å². The molecule has 80 heavy (non-hydrogen) atoms. The van der Waals surface area contributed by atoms with Crippen LogP contribution in [-0.4, -0.2) is 47.4 Å². The Kier molecular flexibility index (Phi) is 68.4. The van der Waals surface area contributed by atoms with E-state index >= 15 is 0 Å². The van der Waals surface area contributed by atoms with E-state index in [0.717, 1.165) is 51.4 Å². The Morgan fingerprint density at radius 1 is 0.350 bits per heavy atom. The van der Waals surface area contributed by atoms with Gasteiger partial charge in [0.05, 0.1) is 25.4 Å². The maximum Gasteiger partial charge on any atom is 0.305 e. The monoisotopic (exact) mass is 1130 g/mol. The van der Waals surface area contributed by atoms with Crippen LogP contribution < -0.4 is 5.32 Å². The zero-order valence-corrected chi connectivity index (χ0v) is 54.3. The first kappa shape index (κ1) is 78.3. The Hall–Kier alpha value is -1.66. The van der Waals surface area contributed by atoms with E-state index < -0.39 is 12.1 Å². The number of hydrogen-bond acceptors (Lipinski definition) is 5. The summed E-state index contributed by atoms with van der Waals surface area (Å²) in [6.07, 6.45) is 88.1. The molecule has 0 aliphatic heterocycles. The average Bonchev–Trinajstić information content (AvgIpc) is 3.46. The Balaban J connectivity index is 3.33. The minimum absolute atomic E-state index is 0.00736. The molecule has 3 N–H and O–H groups in total. The van der Waals surface area contributed by atoms with E-state index in [1.54, 1.807) is 0 Å². The van der Waals surface area contributed by atoms with Gasteiger partial charge in [0.25, 0.3) is 0 Å². The fourth-order valence-corrected chi connectivity index (χ4v) is 11.7. The van der Waals surface area contributed by atoms with E-state index in [4.69, 9.17) is 4.74 Å². The molecule has 0 heterocycles. The van der Waals surface area contributed by atoms with E-state index in [2.05, 4.69) is 43.5 Å². The van der Waals surface area contributed by atoms with Gasteiger partial charge in [0.2, 0.25) is 5.91 Å². The van der Waals surface area contributed by atoms with Crippen molar-refractivity contribution in [3.63, 3.8) is 0 Å². The fourth-order valence-electron chi connectivity index (χ4n) is 11.7. The van der Waals surface area contributed by atoms with Crippen molar-refractivity contribution >= 4 is 11.9 Å². The van der Waals surface area contributed by atoms with Crippen LogP contribution in [0.5, 0.6) is 0 Å². The first-order valence-electron chi connectivity index (χ1n) is 36.6. The topological polar surface area (TPSA) is 95.9 Å². The van der Waals surface area contributed by atoms with Crippen molar-refractivity contribution in [1.29, 1.82) is 0 Å². The van der Waals surface area contributed by atoms with Crippen LogP contribution in [0.2, 0.25) is 0 Å². The van der Waals surface area contributed by atoms with Gasteiger partial charge < -0.3 is 20.3 Å². The SMILES string of the molecule is CCCCCC/C=C\C/C=C\CCCCCCCC(=O)OCCCCCCCCCCCCCCCCCCCCCCCCCCCCCCCCC(=O)NC(CO)C(O)CCCCCCCCCCCCCCCCCCC. The van der Waals surface area contributed by atoms with Crippen LogP contribution in [0.25, 0.3) is 0 Å². The van der Waals surface area contributed by atoms with E-state index in [9.17, 15) is 19.8 Å². The zero-order chi connectivity index (χ0) is 57.8. The standard InChI is InChI=1S/C74H143NO5/c1-3-5-7-9-11-13-15-17-19-35-38-42-46-50-54-58-62-66-72(77)71(70-76)75-73(78)67-63-59-55-51-47-43-39-36-33-31-29-27-25-23-21-22-24-26-28-30-32-34-37-41-45-49-53-57-61-65-69-80-74(79)68-64-60-56-52-48-44-40-20-18-16-14-12-10-8-6-4-2/h14,16,20,40,71-72,76-77H,3-13,15,17-19,21-39,41-70H2,1-2H3,(H,75,78)/b16-14-,40-20-. The largest absolute Gasteiger partial charge is 0.466 e. The first-order valence-corrected chi connectivity index (χ1v) is 36.6. The molecule has 0 rings (SSSR count). The van der Waals surface area contributed by atoms with Gasteiger partial charge in [-0.05, 0) is 57.8 Å². The smallest absolute Gasteiger partial charge is 0.305 e. The molecular weight excluding hydrogens is 983 g/mol. The molecular formula is C74H143NO5. The van der Waals surface area contributed by atoms with Gasteiger partial charge in [-0.25, -0.2) is 0 Å². The lowest BCUT2D eigenvalue weighted by Gasteiger charge is -2.22. The summed E-state index contributed by atoms with van der Waals surface area (Å²) < 4.78 is 5.49. The van der Waals surface area contributed by atoms with Gasteiger partial charge in [-0.15, -0.1) is 0 Å². The summed E-state index contributed by atoms with van der Waals surface area (Å²) >= 11 is 0. The number of aliphatic hydroxyl groups is 2. The molecule has 0 bridgehead atoms. The number of aliphatic hydroxyl groups excluding tert-OH is 2. The Morgan fingerprint density at radius 3 is 0.963 bits per heavy atom. The Bertz CT molecular complexity index is 1250. The highest BCUT2D eigenvalue weighted by molar-refractivity contribution is 5.76. The van der Waals surface area contributed by atoms with Crippen LogP contribution in [0.3, 0.4) is 0 Å². The van der Waals surface area contributed by atoms with Gasteiger partial charge in [-0.1, -0.05) is 366 Å². The molecule has 2 unspecified atom stereocenters. The molecule has 6 heteroatoms. The molecule has 0 aliphatic carbocycles. The molecule has 6 nitrogen and oxygen atoms in total. The van der Waals surface area contributed by atoms with Crippen LogP contribution in [0.4, 0.5) is 0 Å². The van der Waals surface area contributed by atoms with E-state index in [1.165, 1.54) is 327 Å². The summed E-state index contributed by atoms with van der Waals surface area (Å²) in [5, 5.41) is 23.4. The normalized spacial score (nSPS) is 12.6. The highest BCUT2D eigenvalue weighted by atomic mass is 16.5. The van der Waals surface area contributed by atoms with Crippen molar-refractivity contribution in [3.8, 4) is 0 Å². The number of ether oxygens (including phenoxy) is 1. The lowest BCUT2D eigenvalue weighted by molar-refractivity contribution is -0.143. The van der Waals surface area contributed by atoms with Crippen LogP contribution in [0, 0.1) is 0 Å². The van der Waals surface area contributed by atoms with Crippen molar-refractivity contribution in [1.82, 2.24) is 5.32 Å². The predicted molar refractivity (Wildman–Crippen MR) is 352 cm³/mol.